The highest BCUT2D eigenvalue weighted by atomic mass is 19.3. The van der Waals surface area contributed by atoms with Gasteiger partial charge in [-0.1, -0.05) is 13.2 Å². The van der Waals surface area contributed by atoms with E-state index in [4.69, 9.17) is 10.2 Å². The zero-order valence-electron chi connectivity index (χ0n) is 11.7. The lowest BCUT2D eigenvalue weighted by Crippen LogP contribution is -2.62. The highest BCUT2D eigenvalue weighted by molar-refractivity contribution is 5.87. The molecule has 0 saturated carbocycles. The maximum atomic E-state index is 13.5. The number of rotatable bonds is 7. The Bertz CT molecular complexity index is 498. The van der Waals surface area contributed by atoms with Gasteiger partial charge in [-0.25, -0.2) is 9.59 Å². The summed E-state index contributed by atoms with van der Waals surface area (Å²) in [4.78, 5) is 21.9. The molecule has 0 spiro atoms. The molecule has 0 unspecified atom stereocenters. The van der Waals surface area contributed by atoms with Crippen LogP contribution in [0.25, 0.3) is 0 Å². The lowest BCUT2D eigenvalue weighted by molar-refractivity contribution is -0.445. The molecule has 0 aliphatic rings. The van der Waals surface area contributed by atoms with Crippen LogP contribution < -0.4 is 0 Å². The van der Waals surface area contributed by atoms with E-state index < -0.39 is 41.9 Å². The summed E-state index contributed by atoms with van der Waals surface area (Å²) in [7, 11) is 0. The van der Waals surface area contributed by atoms with Crippen LogP contribution in [0.15, 0.2) is 24.3 Å². The molecule has 0 aromatic carbocycles. The fraction of sp³-hybridized carbons (Fsp3) is 0.500. The van der Waals surface area contributed by atoms with Crippen molar-refractivity contribution in [1.29, 1.82) is 0 Å². The maximum absolute atomic E-state index is 13.5. The summed E-state index contributed by atoms with van der Waals surface area (Å²) >= 11 is 0. The van der Waals surface area contributed by atoms with Gasteiger partial charge in [-0.15, -0.1) is 0 Å². The van der Waals surface area contributed by atoms with Crippen LogP contribution >= 0.6 is 0 Å². The van der Waals surface area contributed by atoms with Gasteiger partial charge in [-0.3, -0.25) is 0 Å². The summed E-state index contributed by atoms with van der Waals surface area (Å²) in [5.41, 5.74) is -0.882. The van der Waals surface area contributed by atoms with E-state index in [1.54, 1.807) is 0 Å². The molecular weight excluding hydrogens is 316 g/mol. The molecular formula is C12H14F4O6. The van der Waals surface area contributed by atoms with Gasteiger partial charge in [0.2, 0.25) is 0 Å². The SMILES string of the molecule is C=C(C)C(=O)OCC(F)(F)C(F)(F)C(O)(O)OC(=O)C(=C)C. The van der Waals surface area contributed by atoms with Crippen LogP contribution in [-0.2, 0) is 19.1 Å². The minimum atomic E-state index is -5.68. The first kappa shape index (κ1) is 20.1. The van der Waals surface area contributed by atoms with Gasteiger partial charge in [-0.2, -0.15) is 17.6 Å². The van der Waals surface area contributed by atoms with Crippen molar-refractivity contribution in [2.75, 3.05) is 6.61 Å². The highest BCUT2D eigenvalue weighted by Gasteiger charge is 2.72. The molecule has 22 heavy (non-hydrogen) atoms. The molecule has 0 aliphatic carbocycles. The molecule has 0 aromatic rings. The van der Waals surface area contributed by atoms with Crippen molar-refractivity contribution in [3.8, 4) is 0 Å². The van der Waals surface area contributed by atoms with Gasteiger partial charge in [0, 0.05) is 11.1 Å². The molecule has 0 saturated heterocycles. The second-order valence-electron chi connectivity index (χ2n) is 4.41. The number of carbonyl (C=O) groups is 2. The Morgan fingerprint density at radius 2 is 1.41 bits per heavy atom. The monoisotopic (exact) mass is 330 g/mol. The third-order valence-electron chi connectivity index (χ3n) is 2.18. The largest absolute Gasteiger partial charge is 0.456 e. The van der Waals surface area contributed by atoms with E-state index >= 15 is 0 Å². The summed E-state index contributed by atoms with van der Waals surface area (Å²) in [6.07, 6.45) is 0. The summed E-state index contributed by atoms with van der Waals surface area (Å²) in [5.74, 6) is -18.9. The fourth-order valence-electron chi connectivity index (χ4n) is 0.889. The Morgan fingerprint density at radius 1 is 1.00 bits per heavy atom. The second kappa shape index (κ2) is 6.44. The molecule has 10 heteroatoms. The minimum absolute atomic E-state index is 0.341. The predicted molar refractivity (Wildman–Crippen MR) is 63.7 cm³/mol. The first-order valence-electron chi connectivity index (χ1n) is 5.57. The standard InChI is InChI=1S/C12H14F4O6/c1-6(2)8(17)21-5-10(13,14)11(15,16)12(19,20)22-9(18)7(3)4/h19-20H,1,3,5H2,2,4H3. The van der Waals surface area contributed by atoms with E-state index in [1.165, 1.54) is 0 Å². The molecule has 6 nitrogen and oxygen atoms in total. The number of halogens is 4. The quantitative estimate of drug-likeness (QED) is 0.315. The Morgan fingerprint density at radius 3 is 1.77 bits per heavy atom. The zero-order chi connectivity index (χ0) is 17.9. The van der Waals surface area contributed by atoms with Crippen LogP contribution in [0.3, 0.4) is 0 Å². The van der Waals surface area contributed by atoms with Crippen LogP contribution in [0.5, 0.6) is 0 Å². The average Bonchev–Trinajstić information content (AvgIpc) is 2.34. The topological polar surface area (TPSA) is 93.1 Å². The van der Waals surface area contributed by atoms with Gasteiger partial charge in [-0.05, 0) is 13.8 Å². The van der Waals surface area contributed by atoms with Crippen molar-refractivity contribution in [1.82, 2.24) is 0 Å². The molecule has 0 rings (SSSR count). The molecule has 0 fully saturated rings. The average molecular weight is 330 g/mol. The van der Waals surface area contributed by atoms with Crippen LogP contribution in [0, 0.1) is 0 Å². The Labute approximate surface area is 122 Å². The number of hydrogen-bond donors (Lipinski definition) is 2. The molecule has 0 heterocycles. The number of hydrogen-bond acceptors (Lipinski definition) is 6. The fourth-order valence-corrected chi connectivity index (χ4v) is 0.889. The number of alkyl halides is 4. The van der Waals surface area contributed by atoms with E-state index in [-0.39, 0.29) is 5.57 Å². The summed E-state index contributed by atoms with van der Waals surface area (Å²) < 4.78 is 61.1. The molecule has 0 atom stereocenters. The van der Waals surface area contributed by atoms with Crippen LogP contribution in [-0.4, -0.2) is 46.6 Å². The second-order valence-corrected chi connectivity index (χ2v) is 4.41. The lowest BCUT2D eigenvalue weighted by atomic mass is 10.1. The van der Waals surface area contributed by atoms with E-state index in [9.17, 15) is 27.2 Å². The van der Waals surface area contributed by atoms with Crippen LogP contribution in [0.1, 0.15) is 13.8 Å². The number of esters is 2. The molecule has 0 radical (unpaired) electrons. The third-order valence-corrected chi connectivity index (χ3v) is 2.18. The number of aliphatic hydroxyl groups is 2. The van der Waals surface area contributed by atoms with Crippen LogP contribution in [0.2, 0.25) is 0 Å². The normalized spacial score (nSPS) is 12.5. The smallest absolute Gasteiger partial charge is 0.404 e. The van der Waals surface area contributed by atoms with Crippen molar-refractivity contribution >= 4 is 11.9 Å². The van der Waals surface area contributed by atoms with Crippen molar-refractivity contribution < 1.29 is 46.8 Å². The van der Waals surface area contributed by atoms with Gasteiger partial charge in [0.05, 0.1) is 0 Å². The minimum Gasteiger partial charge on any atom is -0.456 e. The summed E-state index contributed by atoms with van der Waals surface area (Å²) in [5, 5.41) is 17.9. The Balaban J connectivity index is 5.22. The third kappa shape index (κ3) is 4.28. The molecule has 0 amide bonds. The van der Waals surface area contributed by atoms with Gasteiger partial charge < -0.3 is 19.7 Å². The number of carbonyl (C=O) groups excluding carboxylic acids is 2. The highest BCUT2D eigenvalue weighted by Crippen LogP contribution is 2.42. The van der Waals surface area contributed by atoms with Gasteiger partial charge in [0.15, 0.2) is 6.61 Å². The Hall–Kier alpha value is -1.94. The van der Waals surface area contributed by atoms with Crippen molar-refractivity contribution in [2.24, 2.45) is 0 Å². The summed E-state index contributed by atoms with van der Waals surface area (Å²) in [6, 6.07) is 0. The lowest BCUT2D eigenvalue weighted by Gasteiger charge is -2.34. The zero-order valence-corrected chi connectivity index (χ0v) is 11.7. The van der Waals surface area contributed by atoms with E-state index in [0.29, 0.717) is 0 Å². The predicted octanol–water partition coefficient (Wildman–Crippen LogP) is 1.13. The van der Waals surface area contributed by atoms with Crippen molar-refractivity contribution in [2.45, 2.75) is 31.7 Å². The van der Waals surface area contributed by atoms with Crippen molar-refractivity contribution in [3.63, 3.8) is 0 Å². The molecule has 0 aliphatic heterocycles. The molecule has 126 valence electrons. The summed E-state index contributed by atoms with van der Waals surface area (Å²) in [6.45, 7) is 5.84. The molecule has 0 aromatic heterocycles. The van der Waals surface area contributed by atoms with E-state index in [1.807, 2.05) is 0 Å². The first-order valence-corrected chi connectivity index (χ1v) is 5.57. The van der Waals surface area contributed by atoms with Gasteiger partial charge in [0.1, 0.15) is 0 Å². The molecule has 2 N–H and O–H groups in total. The van der Waals surface area contributed by atoms with E-state index in [0.717, 1.165) is 13.8 Å². The van der Waals surface area contributed by atoms with Crippen molar-refractivity contribution in [3.05, 3.63) is 24.3 Å². The maximum Gasteiger partial charge on any atom is 0.404 e. The van der Waals surface area contributed by atoms with Crippen LogP contribution in [0.4, 0.5) is 17.6 Å². The van der Waals surface area contributed by atoms with Gasteiger partial charge in [0.25, 0.3) is 0 Å². The van der Waals surface area contributed by atoms with Gasteiger partial charge >= 0.3 is 29.8 Å². The first-order chi connectivity index (χ1) is 9.65. The van der Waals surface area contributed by atoms with E-state index in [2.05, 4.69) is 22.6 Å². The Kier molecular flexibility index (Phi) is 5.88. The molecule has 0 bridgehead atoms. The number of ether oxygens (including phenoxy) is 2.